The molecule has 0 aliphatic rings. The number of anilines is 1. The highest BCUT2D eigenvalue weighted by atomic mass is 35.5. The molecule has 0 fully saturated rings. The van der Waals surface area contributed by atoms with Gasteiger partial charge in [0.2, 0.25) is 0 Å². The minimum absolute atomic E-state index is 0.102. The Morgan fingerprint density at radius 2 is 1.90 bits per heavy atom. The fourth-order valence-electron chi connectivity index (χ4n) is 1.61. The topological polar surface area (TPSA) is 58.0 Å². The van der Waals surface area contributed by atoms with Gasteiger partial charge in [0.25, 0.3) is 0 Å². The van der Waals surface area contributed by atoms with Crippen molar-refractivity contribution in [3.8, 4) is 11.4 Å². The van der Waals surface area contributed by atoms with Crippen LogP contribution in [0.4, 0.5) is 5.82 Å². The number of aromatic nitrogens is 2. The van der Waals surface area contributed by atoms with Crippen molar-refractivity contribution >= 4 is 17.4 Å². The van der Waals surface area contributed by atoms with E-state index in [4.69, 9.17) is 11.6 Å². The van der Waals surface area contributed by atoms with E-state index in [1.807, 2.05) is 44.2 Å². The fraction of sp³-hybridized carbons (Fsp3) is 0.333. The lowest BCUT2D eigenvalue weighted by molar-refractivity contribution is 0.170. The molecule has 0 amide bonds. The van der Waals surface area contributed by atoms with Crippen LogP contribution in [0.25, 0.3) is 11.4 Å². The molecule has 0 atom stereocenters. The number of aliphatic hydroxyl groups excluding tert-OH is 1. The molecule has 0 bridgehead atoms. The molecule has 0 radical (unpaired) electrons. The van der Waals surface area contributed by atoms with Gasteiger partial charge in [0.15, 0.2) is 5.82 Å². The normalized spacial score (nSPS) is 11.4. The van der Waals surface area contributed by atoms with E-state index >= 15 is 0 Å². The van der Waals surface area contributed by atoms with Gasteiger partial charge in [-0.15, -0.1) is 0 Å². The smallest absolute Gasteiger partial charge is 0.163 e. The molecular formula is C15H18ClN3O. The summed E-state index contributed by atoms with van der Waals surface area (Å²) in [6, 6.07) is 11.4. The Balaban J connectivity index is 2.21. The third-order valence-corrected chi connectivity index (χ3v) is 3.10. The van der Waals surface area contributed by atoms with Crippen LogP contribution in [0.3, 0.4) is 0 Å². The Kier molecular flexibility index (Phi) is 4.57. The highest BCUT2D eigenvalue weighted by Crippen LogP contribution is 2.21. The SMILES string of the molecule is CC(C)(CO)CNc1cc(Cl)nc(-c2ccccc2)n1. The van der Waals surface area contributed by atoms with Crippen LogP contribution in [-0.4, -0.2) is 28.2 Å². The first-order valence-corrected chi connectivity index (χ1v) is 6.83. The van der Waals surface area contributed by atoms with Gasteiger partial charge < -0.3 is 10.4 Å². The van der Waals surface area contributed by atoms with Crippen molar-refractivity contribution in [1.29, 1.82) is 0 Å². The van der Waals surface area contributed by atoms with Crippen LogP contribution in [-0.2, 0) is 0 Å². The van der Waals surface area contributed by atoms with E-state index in [0.717, 1.165) is 5.56 Å². The van der Waals surface area contributed by atoms with Gasteiger partial charge in [-0.05, 0) is 0 Å². The summed E-state index contributed by atoms with van der Waals surface area (Å²) in [5.41, 5.74) is 0.698. The quantitative estimate of drug-likeness (QED) is 0.831. The van der Waals surface area contributed by atoms with Crippen molar-refractivity contribution < 1.29 is 5.11 Å². The molecule has 1 aromatic heterocycles. The monoisotopic (exact) mass is 291 g/mol. The number of aliphatic hydroxyl groups is 1. The Morgan fingerprint density at radius 3 is 2.55 bits per heavy atom. The van der Waals surface area contributed by atoms with E-state index < -0.39 is 0 Å². The second-order valence-electron chi connectivity index (χ2n) is 5.44. The van der Waals surface area contributed by atoms with E-state index in [2.05, 4.69) is 15.3 Å². The van der Waals surface area contributed by atoms with Gasteiger partial charge >= 0.3 is 0 Å². The number of rotatable bonds is 5. The van der Waals surface area contributed by atoms with Gasteiger partial charge in [-0.3, -0.25) is 0 Å². The molecule has 2 rings (SSSR count). The summed E-state index contributed by atoms with van der Waals surface area (Å²) in [6.45, 7) is 4.65. The van der Waals surface area contributed by atoms with E-state index in [0.29, 0.717) is 23.3 Å². The summed E-state index contributed by atoms with van der Waals surface area (Å²) in [7, 11) is 0. The van der Waals surface area contributed by atoms with Gasteiger partial charge in [-0.1, -0.05) is 55.8 Å². The third-order valence-electron chi connectivity index (χ3n) is 2.90. The Labute approximate surface area is 123 Å². The highest BCUT2D eigenvalue weighted by Gasteiger charge is 2.16. The average Bonchev–Trinajstić information content (AvgIpc) is 2.46. The third kappa shape index (κ3) is 3.92. The number of nitrogens with zero attached hydrogens (tertiary/aromatic N) is 2. The van der Waals surface area contributed by atoms with Gasteiger partial charge in [0.05, 0.1) is 0 Å². The first-order chi connectivity index (χ1) is 9.50. The molecule has 5 heteroatoms. The predicted octanol–water partition coefficient (Wildman–Crippen LogP) is 3.23. The van der Waals surface area contributed by atoms with Crippen molar-refractivity contribution in [2.45, 2.75) is 13.8 Å². The fourth-order valence-corrected chi connectivity index (χ4v) is 1.79. The van der Waals surface area contributed by atoms with Crippen LogP contribution >= 0.6 is 11.6 Å². The summed E-state index contributed by atoms with van der Waals surface area (Å²) in [5, 5.41) is 12.8. The van der Waals surface area contributed by atoms with Gasteiger partial charge in [0.1, 0.15) is 11.0 Å². The van der Waals surface area contributed by atoms with E-state index in [1.165, 1.54) is 0 Å². The minimum Gasteiger partial charge on any atom is -0.396 e. The van der Waals surface area contributed by atoms with Crippen molar-refractivity contribution in [3.63, 3.8) is 0 Å². The van der Waals surface area contributed by atoms with Crippen LogP contribution in [0.1, 0.15) is 13.8 Å². The van der Waals surface area contributed by atoms with E-state index in [1.54, 1.807) is 6.07 Å². The standard InChI is InChI=1S/C15H18ClN3O/c1-15(2,10-20)9-17-13-8-12(16)18-14(19-13)11-6-4-3-5-7-11/h3-8,20H,9-10H2,1-2H3,(H,17,18,19). The molecular weight excluding hydrogens is 274 g/mol. The number of hydrogen-bond donors (Lipinski definition) is 2. The summed E-state index contributed by atoms with van der Waals surface area (Å²) in [4.78, 5) is 8.69. The number of nitrogens with one attached hydrogen (secondary N) is 1. The summed E-state index contributed by atoms with van der Waals surface area (Å²) >= 11 is 6.04. The molecule has 1 heterocycles. The number of hydrogen-bond acceptors (Lipinski definition) is 4. The predicted molar refractivity (Wildman–Crippen MR) is 81.8 cm³/mol. The van der Waals surface area contributed by atoms with Crippen LogP contribution in [0.5, 0.6) is 0 Å². The molecule has 106 valence electrons. The Morgan fingerprint density at radius 1 is 1.20 bits per heavy atom. The molecule has 2 N–H and O–H groups in total. The molecule has 4 nitrogen and oxygen atoms in total. The molecule has 0 saturated carbocycles. The number of halogens is 1. The van der Waals surface area contributed by atoms with Gasteiger partial charge in [-0.2, -0.15) is 0 Å². The lowest BCUT2D eigenvalue weighted by Gasteiger charge is -2.22. The van der Waals surface area contributed by atoms with Crippen molar-refractivity contribution in [2.24, 2.45) is 5.41 Å². The maximum absolute atomic E-state index is 9.26. The van der Waals surface area contributed by atoms with Gasteiger partial charge in [-0.25, -0.2) is 9.97 Å². The van der Waals surface area contributed by atoms with Gasteiger partial charge in [0, 0.05) is 30.2 Å². The van der Waals surface area contributed by atoms with Crippen LogP contribution in [0.15, 0.2) is 36.4 Å². The summed E-state index contributed by atoms with van der Waals surface area (Å²) in [6.07, 6.45) is 0. The molecule has 0 spiro atoms. The maximum Gasteiger partial charge on any atom is 0.163 e. The van der Waals surface area contributed by atoms with Crippen molar-refractivity contribution in [2.75, 3.05) is 18.5 Å². The zero-order valence-electron chi connectivity index (χ0n) is 11.6. The molecule has 20 heavy (non-hydrogen) atoms. The minimum atomic E-state index is -0.218. The molecule has 2 aromatic rings. The molecule has 1 aromatic carbocycles. The van der Waals surface area contributed by atoms with Crippen LogP contribution in [0, 0.1) is 5.41 Å². The molecule has 0 aliphatic heterocycles. The average molecular weight is 292 g/mol. The van der Waals surface area contributed by atoms with E-state index in [9.17, 15) is 5.11 Å². The summed E-state index contributed by atoms with van der Waals surface area (Å²) < 4.78 is 0. The van der Waals surface area contributed by atoms with Crippen molar-refractivity contribution in [1.82, 2.24) is 9.97 Å². The lowest BCUT2D eigenvalue weighted by atomic mass is 9.95. The zero-order chi connectivity index (χ0) is 14.6. The van der Waals surface area contributed by atoms with Crippen LogP contribution in [0.2, 0.25) is 5.15 Å². The van der Waals surface area contributed by atoms with E-state index in [-0.39, 0.29) is 12.0 Å². The first-order valence-electron chi connectivity index (χ1n) is 6.45. The molecule has 0 aliphatic carbocycles. The summed E-state index contributed by atoms with van der Waals surface area (Å²) in [5.74, 6) is 1.24. The maximum atomic E-state index is 9.26. The zero-order valence-corrected chi connectivity index (χ0v) is 12.4. The largest absolute Gasteiger partial charge is 0.396 e. The molecule has 0 unspecified atom stereocenters. The number of benzene rings is 1. The second kappa shape index (κ2) is 6.20. The van der Waals surface area contributed by atoms with Crippen molar-refractivity contribution in [3.05, 3.63) is 41.6 Å². The first kappa shape index (κ1) is 14.8. The Bertz CT molecular complexity index is 573. The lowest BCUT2D eigenvalue weighted by Crippen LogP contribution is -2.27. The Hall–Kier alpha value is -1.65. The highest BCUT2D eigenvalue weighted by molar-refractivity contribution is 6.29. The second-order valence-corrected chi connectivity index (χ2v) is 5.83. The van der Waals surface area contributed by atoms with Crippen LogP contribution < -0.4 is 5.32 Å². The molecule has 0 saturated heterocycles.